The summed E-state index contributed by atoms with van der Waals surface area (Å²) in [7, 11) is 0. The number of aryl methyl sites for hydroxylation is 4. The number of hydrogen-bond acceptors (Lipinski definition) is 0. The second kappa shape index (κ2) is 8.55. The third-order valence-electron chi connectivity index (χ3n) is 6.02. The molecule has 146 valence electrons. The minimum Gasteiger partial charge on any atom is -0.0617 e. The fraction of sp³-hybridized carbons (Fsp3) is 0.133. The summed E-state index contributed by atoms with van der Waals surface area (Å²) in [5.41, 5.74) is 5.68. The summed E-state index contributed by atoms with van der Waals surface area (Å²) in [5, 5.41) is 5.30. The molecule has 0 saturated carbocycles. The van der Waals surface area contributed by atoms with E-state index in [4.69, 9.17) is 0 Å². The maximum absolute atomic E-state index is 2.39. The van der Waals surface area contributed by atoms with Crippen molar-refractivity contribution >= 4 is 21.5 Å². The van der Waals surface area contributed by atoms with Gasteiger partial charge in [-0.1, -0.05) is 109 Å². The van der Waals surface area contributed by atoms with Crippen molar-refractivity contribution < 1.29 is 0 Å². The Morgan fingerprint density at radius 2 is 0.700 bits per heavy atom. The first kappa shape index (κ1) is 18.6. The molecule has 30 heavy (non-hydrogen) atoms. The Hall–Kier alpha value is -3.38. The number of fused-ring (bicyclic) bond motifs is 2. The van der Waals surface area contributed by atoms with E-state index in [0.717, 1.165) is 25.7 Å². The van der Waals surface area contributed by atoms with Crippen LogP contribution >= 0.6 is 0 Å². The minimum absolute atomic E-state index is 1.08. The van der Waals surface area contributed by atoms with Gasteiger partial charge in [0.25, 0.3) is 0 Å². The lowest BCUT2D eigenvalue weighted by Crippen LogP contribution is -1.95. The van der Waals surface area contributed by atoms with E-state index in [1.165, 1.54) is 43.8 Å². The molecule has 5 aromatic rings. The van der Waals surface area contributed by atoms with Crippen LogP contribution in [0.5, 0.6) is 0 Å². The maximum atomic E-state index is 2.39. The lowest BCUT2D eigenvalue weighted by Gasteiger charge is -2.08. The molecular formula is C30H26. The van der Waals surface area contributed by atoms with Crippen LogP contribution in [0.3, 0.4) is 0 Å². The van der Waals surface area contributed by atoms with Gasteiger partial charge in [0, 0.05) is 0 Å². The van der Waals surface area contributed by atoms with Gasteiger partial charge in [0.1, 0.15) is 0 Å². The maximum Gasteiger partial charge on any atom is -0.0181 e. The summed E-state index contributed by atoms with van der Waals surface area (Å²) in [6, 6.07) is 40.0. The predicted octanol–water partition coefficient (Wildman–Crippen LogP) is 7.56. The zero-order chi connectivity index (χ0) is 20.2. The quantitative estimate of drug-likeness (QED) is 0.282. The van der Waals surface area contributed by atoms with Crippen LogP contribution in [0.25, 0.3) is 21.5 Å². The molecule has 0 fully saturated rings. The Labute approximate surface area is 178 Å². The van der Waals surface area contributed by atoms with Crippen LogP contribution < -0.4 is 0 Å². The molecule has 0 aliphatic carbocycles. The number of hydrogen-bond donors (Lipinski definition) is 0. The summed E-state index contributed by atoms with van der Waals surface area (Å²) < 4.78 is 0. The molecule has 0 aliphatic heterocycles. The second-order valence-corrected chi connectivity index (χ2v) is 8.18. The average Bonchev–Trinajstić information content (AvgIpc) is 2.81. The van der Waals surface area contributed by atoms with E-state index in [1.807, 2.05) is 0 Å². The Balaban J connectivity index is 1.24. The van der Waals surface area contributed by atoms with Gasteiger partial charge < -0.3 is 0 Å². The molecule has 0 radical (unpaired) electrons. The minimum atomic E-state index is 1.08. The molecule has 0 heteroatoms. The van der Waals surface area contributed by atoms with E-state index >= 15 is 0 Å². The lowest BCUT2D eigenvalue weighted by molar-refractivity contribution is 0.932. The molecule has 0 atom stereocenters. The van der Waals surface area contributed by atoms with E-state index in [0.29, 0.717) is 0 Å². The van der Waals surface area contributed by atoms with Crippen molar-refractivity contribution in [3.63, 3.8) is 0 Å². The number of benzene rings is 5. The molecule has 5 aromatic carbocycles. The summed E-state index contributed by atoms with van der Waals surface area (Å²) in [6.45, 7) is 0. The highest BCUT2D eigenvalue weighted by Crippen LogP contribution is 2.19. The van der Waals surface area contributed by atoms with Crippen molar-refractivity contribution in [2.24, 2.45) is 0 Å². The fourth-order valence-electron chi connectivity index (χ4n) is 4.31. The second-order valence-electron chi connectivity index (χ2n) is 8.18. The Bertz CT molecular complexity index is 1200. The monoisotopic (exact) mass is 386 g/mol. The van der Waals surface area contributed by atoms with Gasteiger partial charge in [0.15, 0.2) is 0 Å². The molecule has 0 unspecified atom stereocenters. The molecule has 0 aliphatic rings. The molecule has 0 N–H and O–H groups in total. The predicted molar refractivity (Wildman–Crippen MR) is 129 cm³/mol. The Kier molecular flexibility index (Phi) is 5.31. The van der Waals surface area contributed by atoms with Crippen LogP contribution in [0.15, 0.2) is 109 Å². The van der Waals surface area contributed by atoms with Crippen LogP contribution in [0.4, 0.5) is 0 Å². The summed E-state index contributed by atoms with van der Waals surface area (Å²) in [5.74, 6) is 0. The summed E-state index contributed by atoms with van der Waals surface area (Å²) >= 11 is 0. The smallest absolute Gasteiger partial charge is 0.0181 e. The third-order valence-corrected chi connectivity index (χ3v) is 6.02. The first-order valence-corrected chi connectivity index (χ1v) is 10.9. The first-order chi connectivity index (χ1) is 14.8. The van der Waals surface area contributed by atoms with Crippen LogP contribution in [-0.2, 0) is 25.7 Å². The third kappa shape index (κ3) is 4.28. The zero-order valence-electron chi connectivity index (χ0n) is 17.2. The Morgan fingerprint density at radius 1 is 0.300 bits per heavy atom. The molecule has 0 spiro atoms. The molecule has 0 nitrogen and oxygen atoms in total. The highest BCUT2D eigenvalue weighted by Gasteiger charge is 2.02. The van der Waals surface area contributed by atoms with Gasteiger partial charge in [-0.2, -0.15) is 0 Å². The lowest BCUT2D eigenvalue weighted by atomic mass is 9.97. The van der Waals surface area contributed by atoms with Crippen molar-refractivity contribution in [1.29, 1.82) is 0 Å². The SMILES string of the molecule is c1cc(CCc2ccc3ccccc3c2)cc(CCc2ccc3ccccc3c2)c1. The molecule has 0 heterocycles. The standard InChI is InChI=1S/C30H26/c1-3-10-29-21-25(16-18-27(29)8-1)14-12-23-6-5-7-24(20-23)13-15-26-17-19-28-9-2-4-11-30(28)22-26/h1-11,16-22H,12-15H2. The molecule has 0 saturated heterocycles. The molecule has 0 amide bonds. The summed E-state index contributed by atoms with van der Waals surface area (Å²) in [6.07, 6.45) is 4.34. The van der Waals surface area contributed by atoms with E-state index in [-0.39, 0.29) is 0 Å². The van der Waals surface area contributed by atoms with Crippen molar-refractivity contribution in [1.82, 2.24) is 0 Å². The highest BCUT2D eigenvalue weighted by molar-refractivity contribution is 5.83. The first-order valence-electron chi connectivity index (χ1n) is 10.9. The average molecular weight is 387 g/mol. The van der Waals surface area contributed by atoms with Crippen molar-refractivity contribution in [3.8, 4) is 0 Å². The van der Waals surface area contributed by atoms with Gasteiger partial charge in [0.2, 0.25) is 0 Å². The summed E-state index contributed by atoms with van der Waals surface area (Å²) in [4.78, 5) is 0. The topological polar surface area (TPSA) is 0 Å². The zero-order valence-corrected chi connectivity index (χ0v) is 17.2. The normalized spacial score (nSPS) is 11.2. The van der Waals surface area contributed by atoms with Gasteiger partial charge in [0.05, 0.1) is 0 Å². The molecule has 0 aromatic heterocycles. The van der Waals surface area contributed by atoms with Gasteiger partial charge in [-0.05, 0) is 69.5 Å². The fourth-order valence-corrected chi connectivity index (χ4v) is 4.31. The van der Waals surface area contributed by atoms with Crippen LogP contribution in [-0.4, -0.2) is 0 Å². The highest BCUT2D eigenvalue weighted by atomic mass is 14.1. The van der Waals surface area contributed by atoms with E-state index in [9.17, 15) is 0 Å². The van der Waals surface area contributed by atoms with Gasteiger partial charge in [-0.15, -0.1) is 0 Å². The van der Waals surface area contributed by atoms with Gasteiger partial charge >= 0.3 is 0 Å². The van der Waals surface area contributed by atoms with E-state index in [1.54, 1.807) is 0 Å². The largest absolute Gasteiger partial charge is 0.0617 e. The van der Waals surface area contributed by atoms with Crippen molar-refractivity contribution in [2.75, 3.05) is 0 Å². The van der Waals surface area contributed by atoms with E-state index < -0.39 is 0 Å². The van der Waals surface area contributed by atoms with Gasteiger partial charge in [-0.25, -0.2) is 0 Å². The van der Waals surface area contributed by atoms with E-state index in [2.05, 4.69) is 109 Å². The molecule has 5 rings (SSSR count). The Morgan fingerprint density at radius 3 is 1.17 bits per heavy atom. The molecule has 0 bridgehead atoms. The van der Waals surface area contributed by atoms with Crippen LogP contribution in [0.2, 0.25) is 0 Å². The van der Waals surface area contributed by atoms with Crippen molar-refractivity contribution in [3.05, 3.63) is 131 Å². The van der Waals surface area contributed by atoms with Gasteiger partial charge in [-0.3, -0.25) is 0 Å². The number of rotatable bonds is 6. The van der Waals surface area contributed by atoms with Crippen molar-refractivity contribution in [2.45, 2.75) is 25.7 Å². The van der Waals surface area contributed by atoms with Crippen LogP contribution in [0.1, 0.15) is 22.3 Å². The van der Waals surface area contributed by atoms with Crippen LogP contribution in [0, 0.1) is 0 Å². The molecular weight excluding hydrogens is 360 g/mol.